The van der Waals surface area contributed by atoms with Crippen molar-refractivity contribution in [2.24, 2.45) is 0 Å². The average Bonchev–Trinajstić information content (AvgIpc) is 3.04. The van der Waals surface area contributed by atoms with Crippen molar-refractivity contribution >= 4 is 23.2 Å². The van der Waals surface area contributed by atoms with E-state index in [-0.39, 0.29) is 11.7 Å². The molecule has 0 bridgehead atoms. The lowest BCUT2D eigenvalue weighted by molar-refractivity contribution is 0.313. The number of benzene rings is 1. The molecule has 2 nitrogen and oxygen atoms in total. The molecule has 0 amide bonds. The van der Waals surface area contributed by atoms with E-state index in [0.717, 1.165) is 11.1 Å². The van der Waals surface area contributed by atoms with E-state index in [1.54, 1.807) is 12.3 Å². The number of epoxide rings is 1. The summed E-state index contributed by atoms with van der Waals surface area (Å²) in [6, 6.07) is 9.40. The fraction of sp³-hybridized carbons (Fsp3) is 0.214. The Hall–Kier alpha value is -1.09. The largest absolute Gasteiger partial charge is 0.356 e. The van der Waals surface area contributed by atoms with E-state index >= 15 is 0 Å². The van der Waals surface area contributed by atoms with Crippen molar-refractivity contribution in [1.82, 2.24) is 4.98 Å². The molecule has 1 saturated heterocycles. The SMILES string of the molecule is C[C@]1(c2cccnc2)O[C@H]1c1ccc(Cl)cc1Cl. The second kappa shape index (κ2) is 4.23. The minimum Gasteiger partial charge on any atom is -0.356 e. The normalized spacial score (nSPS) is 26.1. The molecule has 0 N–H and O–H groups in total. The van der Waals surface area contributed by atoms with Crippen LogP contribution in [0.1, 0.15) is 24.2 Å². The Bertz CT molecular complexity index is 588. The third kappa shape index (κ3) is 1.91. The topological polar surface area (TPSA) is 25.4 Å². The van der Waals surface area contributed by atoms with Crippen molar-refractivity contribution in [2.75, 3.05) is 0 Å². The standard InChI is InChI=1S/C14H11Cl2NO/c1-14(9-3-2-6-17-8-9)13(18-14)11-5-4-10(15)7-12(11)16/h2-8,13H,1H3/t13-,14+/m0/s1. The zero-order chi connectivity index (χ0) is 12.8. The number of hydrogen-bond donors (Lipinski definition) is 0. The number of hydrogen-bond acceptors (Lipinski definition) is 2. The van der Waals surface area contributed by atoms with Crippen LogP contribution >= 0.6 is 23.2 Å². The van der Waals surface area contributed by atoms with E-state index in [9.17, 15) is 0 Å². The molecule has 1 aromatic carbocycles. The molecule has 3 rings (SSSR count). The molecule has 0 radical (unpaired) electrons. The fourth-order valence-corrected chi connectivity index (χ4v) is 2.67. The Morgan fingerprint density at radius 1 is 1.28 bits per heavy atom. The zero-order valence-corrected chi connectivity index (χ0v) is 11.2. The summed E-state index contributed by atoms with van der Waals surface area (Å²) in [6.45, 7) is 2.04. The molecule has 18 heavy (non-hydrogen) atoms. The average molecular weight is 280 g/mol. The summed E-state index contributed by atoms with van der Waals surface area (Å²) < 4.78 is 5.83. The maximum Gasteiger partial charge on any atom is 0.123 e. The third-order valence-electron chi connectivity index (χ3n) is 3.29. The van der Waals surface area contributed by atoms with Crippen LogP contribution in [0.15, 0.2) is 42.7 Å². The summed E-state index contributed by atoms with van der Waals surface area (Å²) in [5.74, 6) is 0. The number of pyridine rings is 1. The summed E-state index contributed by atoms with van der Waals surface area (Å²) >= 11 is 12.1. The van der Waals surface area contributed by atoms with E-state index in [4.69, 9.17) is 27.9 Å². The van der Waals surface area contributed by atoms with Gasteiger partial charge >= 0.3 is 0 Å². The Kier molecular flexibility index (Phi) is 2.81. The van der Waals surface area contributed by atoms with Gasteiger partial charge in [0.1, 0.15) is 11.7 Å². The Morgan fingerprint density at radius 3 is 2.78 bits per heavy atom. The maximum atomic E-state index is 6.20. The van der Waals surface area contributed by atoms with Crippen LogP contribution in [0.4, 0.5) is 0 Å². The first-order valence-corrected chi connectivity index (χ1v) is 6.40. The van der Waals surface area contributed by atoms with Gasteiger partial charge in [0.05, 0.1) is 0 Å². The molecule has 92 valence electrons. The van der Waals surface area contributed by atoms with Crippen LogP contribution in [0, 0.1) is 0 Å². The highest BCUT2D eigenvalue weighted by Crippen LogP contribution is 2.57. The van der Waals surface area contributed by atoms with Crippen LogP contribution < -0.4 is 0 Å². The van der Waals surface area contributed by atoms with E-state index in [0.29, 0.717) is 10.0 Å². The Labute approximate surface area is 116 Å². The number of ether oxygens (including phenoxy) is 1. The zero-order valence-electron chi connectivity index (χ0n) is 9.73. The predicted octanol–water partition coefficient (Wildman–Crippen LogP) is 4.38. The van der Waals surface area contributed by atoms with Gasteiger partial charge in [0.2, 0.25) is 0 Å². The highest BCUT2D eigenvalue weighted by atomic mass is 35.5. The lowest BCUT2D eigenvalue weighted by atomic mass is 9.95. The van der Waals surface area contributed by atoms with E-state index < -0.39 is 0 Å². The summed E-state index contributed by atoms with van der Waals surface area (Å²) in [5.41, 5.74) is 1.68. The van der Waals surface area contributed by atoms with E-state index in [1.807, 2.05) is 37.4 Å². The molecule has 2 heterocycles. The van der Waals surface area contributed by atoms with Crippen molar-refractivity contribution in [3.8, 4) is 0 Å². The Balaban J connectivity index is 1.94. The van der Waals surface area contributed by atoms with Gasteiger partial charge in [-0.2, -0.15) is 0 Å². The first-order valence-electron chi connectivity index (χ1n) is 5.64. The molecule has 1 aliphatic rings. The van der Waals surface area contributed by atoms with Crippen LogP contribution in [0.3, 0.4) is 0 Å². The summed E-state index contributed by atoms with van der Waals surface area (Å²) in [4.78, 5) is 4.12. The molecule has 2 aromatic rings. The maximum absolute atomic E-state index is 6.20. The van der Waals surface area contributed by atoms with Crippen LogP contribution in [-0.4, -0.2) is 4.98 Å². The van der Waals surface area contributed by atoms with Crippen LogP contribution in [-0.2, 0) is 10.3 Å². The van der Waals surface area contributed by atoms with Crippen molar-refractivity contribution in [3.05, 3.63) is 63.9 Å². The van der Waals surface area contributed by atoms with Gasteiger partial charge in [-0.1, -0.05) is 35.3 Å². The smallest absolute Gasteiger partial charge is 0.123 e. The molecular weight excluding hydrogens is 269 g/mol. The minimum atomic E-state index is -0.342. The second-order valence-electron chi connectivity index (χ2n) is 4.51. The number of nitrogens with zero attached hydrogens (tertiary/aromatic N) is 1. The fourth-order valence-electron chi connectivity index (χ4n) is 2.16. The highest BCUT2D eigenvalue weighted by molar-refractivity contribution is 6.35. The summed E-state index contributed by atoms with van der Waals surface area (Å²) in [6.07, 6.45) is 3.54. The number of rotatable bonds is 2. The quantitative estimate of drug-likeness (QED) is 0.763. The number of halogens is 2. The summed E-state index contributed by atoms with van der Waals surface area (Å²) in [7, 11) is 0. The van der Waals surface area contributed by atoms with Gasteiger partial charge < -0.3 is 4.74 Å². The molecule has 0 aliphatic carbocycles. The third-order valence-corrected chi connectivity index (χ3v) is 3.85. The van der Waals surface area contributed by atoms with Crippen molar-refractivity contribution in [2.45, 2.75) is 18.6 Å². The lowest BCUT2D eigenvalue weighted by Crippen LogP contribution is -2.04. The molecule has 1 aliphatic heterocycles. The van der Waals surface area contributed by atoms with Crippen molar-refractivity contribution < 1.29 is 4.74 Å². The monoisotopic (exact) mass is 279 g/mol. The van der Waals surface area contributed by atoms with Gasteiger partial charge in [-0.05, 0) is 25.1 Å². The van der Waals surface area contributed by atoms with Gasteiger partial charge in [0.15, 0.2) is 0 Å². The highest BCUT2D eigenvalue weighted by Gasteiger charge is 2.55. The molecular formula is C14H11Cl2NO. The minimum absolute atomic E-state index is 0.0357. The lowest BCUT2D eigenvalue weighted by Gasteiger charge is -2.07. The summed E-state index contributed by atoms with van der Waals surface area (Å²) in [5, 5.41) is 1.27. The van der Waals surface area contributed by atoms with Crippen LogP contribution in [0.2, 0.25) is 10.0 Å². The van der Waals surface area contributed by atoms with Gasteiger partial charge in [-0.3, -0.25) is 4.98 Å². The van der Waals surface area contributed by atoms with Gasteiger partial charge in [-0.25, -0.2) is 0 Å². The molecule has 0 spiro atoms. The predicted molar refractivity (Wildman–Crippen MR) is 71.9 cm³/mol. The van der Waals surface area contributed by atoms with Crippen molar-refractivity contribution in [3.63, 3.8) is 0 Å². The molecule has 1 aromatic heterocycles. The first kappa shape index (κ1) is 12.0. The molecule has 4 heteroatoms. The van der Waals surface area contributed by atoms with Crippen LogP contribution in [0.5, 0.6) is 0 Å². The van der Waals surface area contributed by atoms with Crippen molar-refractivity contribution in [1.29, 1.82) is 0 Å². The Morgan fingerprint density at radius 2 is 2.11 bits per heavy atom. The van der Waals surface area contributed by atoms with E-state index in [1.165, 1.54) is 0 Å². The molecule has 2 atom stereocenters. The van der Waals surface area contributed by atoms with Gasteiger partial charge in [0.25, 0.3) is 0 Å². The van der Waals surface area contributed by atoms with Gasteiger partial charge in [0, 0.05) is 33.6 Å². The molecule has 0 unspecified atom stereocenters. The second-order valence-corrected chi connectivity index (χ2v) is 5.36. The molecule has 1 fully saturated rings. The first-order chi connectivity index (χ1) is 8.61. The van der Waals surface area contributed by atoms with Crippen LogP contribution in [0.25, 0.3) is 0 Å². The number of aromatic nitrogens is 1. The molecule has 0 saturated carbocycles. The van der Waals surface area contributed by atoms with Gasteiger partial charge in [-0.15, -0.1) is 0 Å². The van der Waals surface area contributed by atoms with E-state index in [2.05, 4.69) is 4.98 Å².